The van der Waals surface area contributed by atoms with E-state index in [1.807, 2.05) is 0 Å². The number of esters is 1. The van der Waals surface area contributed by atoms with E-state index in [2.05, 4.69) is 6.58 Å². The van der Waals surface area contributed by atoms with Crippen molar-refractivity contribution in [3.05, 3.63) is 12.8 Å². The van der Waals surface area contributed by atoms with Gasteiger partial charge in [0, 0.05) is 0 Å². The van der Waals surface area contributed by atoms with Gasteiger partial charge in [-0.25, -0.2) is 4.79 Å². The Bertz CT molecular complexity index is 274. The van der Waals surface area contributed by atoms with Crippen LogP contribution in [-0.2, 0) is 14.3 Å². The number of ether oxygens (including phenoxy) is 2. The van der Waals surface area contributed by atoms with Crippen molar-refractivity contribution in [3.63, 3.8) is 0 Å². The molecule has 3 nitrogen and oxygen atoms in total. The average Bonchev–Trinajstić information content (AvgIpc) is 2.89. The van der Waals surface area contributed by atoms with Crippen LogP contribution >= 0.6 is 0 Å². The minimum absolute atomic E-state index is 0.275. The van der Waals surface area contributed by atoms with Crippen LogP contribution in [0.15, 0.2) is 12.8 Å². The lowest BCUT2D eigenvalue weighted by Gasteiger charge is -2.24. The van der Waals surface area contributed by atoms with Crippen LogP contribution in [0, 0.1) is 17.8 Å². The average molecular weight is 224 g/mol. The van der Waals surface area contributed by atoms with Crippen LogP contribution in [0.4, 0.5) is 0 Å². The van der Waals surface area contributed by atoms with Crippen molar-refractivity contribution >= 4 is 5.97 Å². The summed E-state index contributed by atoms with van der Waals surface area (Å²) in [6.07, 6.45) is 7.01. The van der Waals surface area contributed by atoms with Gasteiger partial charge in [-0.2, -0.15) is 0 Å². The highest BCUT2D eigenvalue weighted by molar-refractivity contribution is 5.74. The number of hydrogen-bond donors (Lipinski definition) is 0. The lowest BCUT2D eigenvalue weighted by Crippen LogP contribution is -2.28. The van der Waals surface area contributed by atoms with Gasteiger partial charge in [-0.15, -0.1) is 0 Å². The molecule has 2 aliphatic carbocycles. The maximum absolute atomic E-state index is 11.5. The predicted molar refractivity (Wildman–Crippen MR) is 60.6 cm³/mol. The summed E-state index contributed by atoms with van der Waals surface area (Å²) in [4.78, 5) is 11.5. The summed E-state index contributed by atoms with van der Waals surface area (Å²) < 4.78 is 10.00. The summed E-state index contributed by atoms with van der Waals surface area (Å²) in [7, 11) is 1.41. The Labute approximate surface area is 96.8 Å². The largest absolute Gasteiger partial charge is 0.487 e. The van der Waals surface area contributed by atoms with Crippen molar-refractivity contribution in [2.24, 2.45) is 17.8 Å². The molecule has 0 radical (unpaired) electrons. The SMILES string of the molecule is C=COC(CC1CC2CCC1C2)C(=O)OC. The monoisotopic (exact) mass is 224 g/mol. The molecule has 2 bridgehead atoms. The molecule has 0 aliphatic heterocycles. The van der Waals surface area contributed by atoms with E-state index in [0.717, 1.165) is 18.3 Å². The highest BCUT2D eigenvalue weighted by Gasteiger charge is 2.41. The number of rotatable bonds is 5. The van der Waals surface area contributed by atoms with Crippen molar-refractivity contribution in [2.45, 2.75) is 38.2 Å². The van der Waals surface area contributed by atoms with Gasteiger partial charge in [0.25, 0.3) is 0 Å². The summed E-state index contributed by atoms with van der Waals surface area (Å²) in [6.45, 7) is 3.51. The van der Waals surface area contributed by atoms with Gasteiger partial charge >= 0.3 is 5.97 Å². The third kappa shape index (κ3) is 2.23. The second-order valence-electron chi connectivity index (χ2n) is 4.99. The molecule has 2 rings (SSSR count). The van der Waals surface area contributed by atoms with Gasteiger partial charge in [-0.3, -0.25) is 0 Å². The van der Waals surface area contributed by atoms with Crippen LogP contribution in [0.3, 0.4) is 0 Å². The van der Waals surface area contributed by atoms with Crippen LogP contribution in [-0.4, -0.2) is 19.2 Å². The molecule has 0 aromatic rings. The van der Waals surface area contributed by atoms with Gasteiger partial charge in [0.15, 0.2) is 6.10 Å². The fourth-order valence-corrected chi connectivity index (χ4v) is 3.40. The third-order valence-corrected chi connectivity index (χ3v) is 4.13. The molecule has 0 aromatic heterocycles. The van der Waals surface area contributed by atoms with Gasteiger partial charge in [-0.1, -0.05) is 13.0 Å². The molecule has 4 unspecified atom stereocenters. The molecule has 0 heterocycles. The summed E-state index contributed by atoms with van der Waals surface area (Å²) in [5, 5.41) is 0. The van der Waals surface area contributed by atoms with E-state index in [9.17, 15) is 4.79 Å². The first-order valence-corrected chi connectivity index (χ1v) is 6.08. The van der Waals surface area contributed by atoms with E-state index in [0.29, 0.717) is 5.92 Å². The van der Waals surface area contributed by atoms with E-state index in [1.54, 1.807) is 0 Å². The highest BCUT2D eigenvalue weighted by Crippen LogP contribution is 2.50. The molecule has 90 valence electrons. The molecule has 4 atom stereocenters. The van der Waals surface area contributed by atoms with Gasteiger partial charge in [-0.05, 0) is 43.4 Å². The smallest absolute Gasteiger partial charge is 0.347 e. The Kier molecular flexibility index (Phi) is 3.52. The van der Waals surface area contributed by atoms with Crippen molar-refractivity contribution in [1.29, 1.82) is 0 Å². The number of hydrogen-bond acceptors (Lipinski definition) is 3. The Morgan fingerprint density at radius 1 is 1.50 bits per heavy atom. The van der Waals surface area contributed by atoms with Crippen LogP contribution in [0.5, 0.6) is 0 Å². The van der Waals surface area contributed by atoms with Gasteiger partial charge in [0.1, 0.15) is 0 Å². The minimum atomic E-state index is -0.452. The molecule has 0 amide bonds. The molecule has 0 saturated heterocycles. The molecule has 0 N–H and O–H groups in total. The second-order valence-corrected chi connectivity index (χ2v) is 4.99. The van der Waals surface area contributed by atoms with Crippen molar-refractivity contribution < 1.29 is 14.3 Å². The number of fused-ring (bicyclic) bond motifs is 2. The van der Waals surface area contributed by atoms with E-state index < -0.39 is 6.10 Å². The van der Waals surface area contributed by atoms with E-state index >= 15 is 0 Å². The maximum atomic E-state index is 11.5. The first-order chi connectivity index (χ1) is 7.74. The van der Waals surface area contributed by atoms with E-state index in [-0.39, 0.29) is 5.97 Å². The molecular weight excluding hydrogens is 204 g/mol. The zero-order valence-electron chi connectivity index (χ0n) is 9.85. The lowest BCUT2D eigenvalue weighted by atomic mass is 9.85. The highest BCUT2D eigenvalue weighted by atomic mass is 16.6. The number of carbonyl (C=O) groups excluding carboxylic acids is 1. The summed E-state index contributed by atoms with van der Waals surface area (Å²) in [5.41, 5.74) is 0. The first kappa shape index (κ1) is 11.5. The van der Waals surface area contributed by atoms with Crippen LogP contribution in [0.2, 0.25) is 0 Å². The summed E-state index contributed by atoms with van der Waals surface area (Å²) >= 11 is 0. The van der Waals surface area contributed by atoms with Crippen LogP contribution in [0.25, 0.3) is 0 Å². The Morgan fingerprint density at radius 2 is 2.31 bits per heavy atom. The fraction of sp³-hybridized carbons (Fsp3) is 0.769. The summed E-state index contributed by atoms with van der Waals surface area (Å²) in [6, 6.07) is 0. The topological polar surface area (TPSA) is 35.5 Å². The number of carbonyl (C=O) groups is 1. The summed E-state index contributed by atoms with van der Waals surface area (Å²) in [5.74, 6) is 2.08. The standard InChI is InChI=1S/C13H20O3/c1-3-16-12(13(14)15-2)8-11-7-9-4-5-10(11)6-9/h3,9-12H,1,4-8H2,2H3. The lowest BCUT2D eigenvalue weighted by molar-refractivity contribution is -0.152. The Morgan fingerprint density at radius 3 is 2.81 bits per heavy atom. The minimum Gasteiger partial charge on any atom is -0.487 e. The predicted octanol–water partition coefficient (Wildman–Crippen LogP) is 2.51. The van der Waals surface area contributed by atoms with Gasteiger partial charge in [0.2, 0.25) is 0 Å². The molecule has 0 aromatic carbocycles. The molecule has 16 heavy (non-hydrogen) atoms. The molecule has 2 aliphatic rings. The molecule has 3 heteroatoms. The van der Waals surface area contributed by atoms with E-state index in [1.165, 1.54) is 39.1 Å². The maximum Gasteiger partial charge on any atom is 0.347 e. The van der Waals surface area contributed by atoms with E-state index in [4.69, 9.17) is 9.47 Å². The van der Waals surface area contributed by atoms with Crippen molar-refractivity contribution in [3.8, 4) is 0 Å². The zero-order valence-corrected chi connectivity index (χ0v) is 9.85. The van der Waals surface area contributed by atoms with Crippen molar-refractivity contribution in [1.82, 2.24) is 0 Å². The number of methoxy groups -OCH3 is 1. The van der Waals surface area contributed by atoms with Gasteiger partial charge < -0.3 is 9.47 Å². The molecule has 0 spiro atoms. The second kappa shape index (κ2) is 4.89. The third-order valence-electron chi connectivity index (χ3n) is 4.13. The quantitative estimate of drug-likeness (QED) is 0.531. The fourth-order valence-electron chi connectivity index (χ4n) is 3.40. The Hall–Kier alpha value is -0.990. The van der Waals surface area contributed by atoms with Gasteiger partial charge in [0.05, 0.1) is 13.4 Å². The van der Waals surface area contributed by atoms with Crippen molar-refractivity contribution in [2.75, 3.05) is 7.11 Å². The van der Waals surface area contributed by atoms with Crippen LogP contribution < -0.4 is 0 Å². The molecule has 2 fully saturated rings. The van der Waals surface area contributed by atoms with Crippen LogP contribution in [0.1, 0.15) is 32.1 Å². The first-order valence-electron chi connectivity index (χ1n) is 6.08. The Balaban J connectivity index is 1.90. The molecule has 2 saturated carbocycles. The molecular formula is C13H20O3. The normalized spacial score (nSPS) is 33.4. The zero-order chi connectivity index (χ0) is 11.5.